The van der Waals surface area contributed by atoms with Crippen molar-refractivity contribution < 1.29 is 14.3 Å². The highest BCUT2D eigenvalue weighted by Gasteiger charge is 2.39. The molecule has 0 bridgehead atoms. The normalized spacial score (nSPS) is 18.7. The van der Waals surface area contributed by atoms with Gasteiger partial charge in [-0.3, -0.25) is 4.79 Å². The van der Waals surface area contributed by atoms with Crippen LogP contribution in [0.15, 0.2) is 33.5 Å². The zero-order valence-electron chi connectivity index (χ0n) is 14.7. The van der Waals surface area contributed by atoms with E-state index >= 15 is 0 Å². The van der Waals surface area contributed by atoms with Crippen LogP contribution in [0, 0.1) is 5.92 Å². The number of benzene rings is 1. The smallest absolute Gasteiger partial charge is 0.343 e. The fourth-order valence-corrected chi connectivity index (χ4v) is 4.00. The first kappa shape index (κ1) is 16.9. The first-order chi connectivity index (χ1) is 12.6. The van der Waals surface area contributed by atoms with Crippen LogP contribution in [0.25, 0.3) is 0 Å². The zero-order valence-corrected chi connectivity index (χ0v) is 14.7. The maximum Gasteiger partial charge on any atom is 0.343 e. The summed E-state index contributed by atoms with van der Waals surface area (Å²) in [4.78, 5) is 25.4. The van der Waals surface area contributed by atoms with E-state index in [4.69, 9.17) is 10.2 Å². The van der Waals surface area contributed by atoms with Crippen LogP contribution in [0.5, 0.6) is 5.75 Å². The molecule has 5 heteroatoms. The van der Waals surface area contributed by atoms with E-state index in [2.05, 4.69) is 0 Å². The van der Waals surface area contributed by atoms with Gasteiger partial charge in [0.15, 0.2) is 5.78 Å². The maximum absolute atomic E-state index is 12.8. The molecular weight excluding hydrogens is 330 g/mol. The van der Waals surface area contributed by atoms with Crippen LogP contribution < -0.4 is 11.4 Å². The first-order valence-corrected chi connectivity index (χ1v) is 9.33. The molecular formula is C21H23NO4. The molecule has 1 unspecified atom stereocenters. The molecule has 0 aliphatic heterocycles. The van der Waals surface area contributed by atoms with Crippen molar-refractivity contribution in [3.05, 3.63) is 57.1 Å². The number of ketones is 1. The monoisotopic (exact) mass is 353 g/mol. The van der Waals surface area contributed by atoms with E-state index in [-0.39, 0.29) is 34.5 Å². The van der Waals surface area contributed by atoms with Crippen LogP contribution >= 0.6 is 0 Å². The molecule has 0 amide bonds. The summed E-state index contributed by atoms with van der Waals surface area (Å²) in [6.07, 6.45) is 5.44. The van der Waals surface area contributed by atoms with Crippen LogP contribution in [-0.2, 0) is 6.42 Å². The maximum atomic E-state index is 12.8. The van der Waals surface area contributed by atoms with E-state index in [0.717, 1.165) is 37.7 Å². The van der Waals surface area contributed by atoms with E-state index in [1.807, 2.05) is 12.1 Å². The molecule has 1 aromatic heterocycles. The van der Waals surface area contributed by atoms with E-state index in [9.17, 15) is 14.7 Å². The lowest BCUT2D eigenvalue weighted by atomic mass is 9.85. The SMILES string of the molecule is Nc1ccc(C(c2c(O)c3c(oc2=O)CCCCCC3=O)C2CC2)cc1. The van der Waals surface area contributed by atoms with Crippen LogP contribution in [0.2, 0.25) is 0 Å². The van der Waals surface area contributed by atoms with E-state index in [1.165, 1.54) is 0 Å². The van der Waals surface area contributed by atoms with Gasteiger partial charge in [0.05, 0.1) is 11.1 Å². The Morgan fingerprint density at radius 1 is 1.04 bits per heavy atom. The Morgan fingerprint density at radius 2 is 1.73 bits per heavy atom. The first-order valence-electron chi connectivity index (χ1n) is 9.33. The number of Topliss-reactive ketones (excluding diaryl/α,β-unsaturated/α-hetero) is 1. The van der Waals surface area contributed by atoms with Crippen molar-refractivity contribution in [2.45, 2.75) is 50.9 Å². The second-order valence-corrected chi connectivity index (χ2v) is 7.42. The Kier molecular flexibility index (Phi) is 4.31. The molecule has 1 fully saturated rings. The summed E-state index contributed by atoms with van der Waals surface area (Å²) >= 11 is 0. The van der Waals surface area contributed by atoms with Gasteiger partial charge in [0.1, 0.15) is 11.5 Å². The summed E-state index contributed by atoms with van der Waals surface area (Å²) in [5.41, 5.74) is 7.27. The molecule has 0 saturated heterocycles. The molecule has 1 heterocycles. The number of carbonyl (C=O) groups is 1. The predicted octanol–water partition coefficient (Wildman–Crippen LogP) is 3.77. The van der Waals surface area contributed by atoms with Gasteiger partial charge in [-0.25, -0.2) is 4.79 Å². The molecule has 2 aliphatic rings. The molecule has 0 spiro atoms. The van der Waals surface area contributed by atoms with Gasteiger partial charge in [0, 0.05) is 24.4 Å². The topological polar surface area (TPSA) is 93.5 Å². The number of aryl methyl sites for hydroxylation is 1. The van der Waals surface area contributed by atoms with Gasteiger partial charge in [-0.15, -0.1) is 0 Å². The van der Waals surface area contributed by atoms with E-state index in [0.29, 0.717) is 24.3 Å². The van der Waals surface area contributed by atoms with Gasteiger partial charge in [0.2, 0.25) is 0 Å². The van der Waals surface area contributed by atoms with Gasteiger partial charge in [-0.2, -0.15) is 0 Å². The van der Waals surface area contributed by atoms with Gasteiger partial charge < -0.3 is 15.3 Å². The van der Waals surface area contributed by atoms with Crippen LogP contribution in [0.3, 0.4) is 0 Å². The fourth-order valence-electron chi connectivity index (χ4n) is 4.00. The number of hydrogen-bond acceptors (Lipinski definition) is 5. The zero-order chi connectivity index (χ0) is 18.3. The third kappa shape index (κ3) is 3.02. The minimum absolute atomic E-state index is 0.131. The summed E-state index contributed by atoms with van der Waals surface area (Å²) in [5.74, 6) is 0.0447. The lowest BCUT2D eigenvalue weighted by molar-refractivity contribution is 0.0968. The van der Waals surface area contributed by atoms with E-state index in [1.54, 1.807) is 12.1 Å². The number of nitrogens with two attached hydrogens (primary N) is 1. The van der Waals surface area contributed by atoms with Crippen molar-refractivity contribution in [1.82, 2.24) is 0 Å². The molecule has 2 aliphatic carbocycles. The van der Waals surface area contributed by atoms with Crippen molar-refractivity contribution in [3.63, 3.8) is 0 Å². The average Bonchev–Trinajstić information content (AvgIpc) is 3.42. The molecule has 3 N–H and O–H groups in total. The van der Waals surface area contributed by atoms with Crippen molar-refractivity contribution in [2.75, 3.05) is 5.73 Å². The quantitative estimate of drug-likeness (QED) is 0.819. The average molecular weight is 353 g/mol. The third-order valence-electron chi connectivity index (χ3n) is 5.49. The summed E-state index contributed by atoms with van der Waals surface area (Å²) in [7, 11) is 0. The number of anilines is 1. The van der Waals surface area contributed by atoms with Crippen LogP contribution in [0.1, 0.15) is 71.7 Å². The second kappa shape index (κ2) is 6.63. The molecule has 136 valence electrons. The third-order valence-corrected chi connectivity index (χ3v) is 5.49. The van der Waals surface area contributed by atoms with Gasteiger partial charge in [-0.05, 0) is 49.3 Å². The molecule has 1 aromatic carbocycles. The summed E-state index contributed by atoms with van der Waals surface area (Å²) < 4.78 is 5.56. The minimum Gasteiger partial charge on any atom is -0.506 e. The van der Waals surface area contributed by atoms with Crippen LogP contribution in [-0.4, -0.2) is 10.9 Å². The Bertz CT molecular complexity index is 893. The van der Waals surface area contributed by atoms with Crippen LogP contribution in [0.4, 0.5) is 5.69 Å². The predicted molar refractivity (Wildman–Crippen MR) is 98.6 cm³/mol. The summed E-state index contributed by atoms with van der Waals surface area (Å²) in [6, 6.07) is 7.36. The number of rotatable bonds is 3. The Morgan fingerprint density at radius 3 is 2.42 bits per heavy atom. The Balaban J connectivity index is 1.88. The number of nitrogen functional groups attached to an aromatic ring is 1. The lowest BCUT2D eigenvalue weighted by Gasteiger charge is -2.21. The summed E-state index contributed by atoms with van der Waals surface area (Å²) in [6.45, 7) is 0. The van der Waals surface area contributed by atoms with Crippen molar-refractivity contribution >= 4 is 11.5 Å². The molecule has 0 radical (unpaired) electrons. The largest absolute Gasteiger partial charge is 0.506 e. The van der Waals surface area contributed by atoms with Crippen molar-refractivity contribution in [2.24, 2.45) is 5.92 Å². The lowest BCUT2D eigenvalue weighted by Crippen LogP contribution is -2.20. The standard InChI is InChI=1S/C21H23NO4/c22-14-10-8-13(9-11-14)17(12-6-7-12)19-20(24)18-15(23)4-2-1-3-5-16(18)26-21(19)25/h8-12,17,24H,1-7,22H2. The molecule has 4 rings (SSSR count). The minimum atomic E-state index is -0.525. The van der Waals surface area contributed by atoms with Gasteiger partial charge in [0.25, 0.3) is 0 Å². The van der Waals surface area contributed by atoms with E-state index < -0.39 is 5.63 Å². The number of hydrogen-bond donors (Lipinski definition) is 2. The number of carbonyl (C=O) groups excluding carboxylic acids is 1. The highest BCUT2D eigenvalue weighted by Crippen LogP contribution is 2.48. The summed E-state index contributed by atoms with van der Waals surface area (Å²) in [5, 5.41) is 11.0. The molecule has 5 nitrogen and oxygen atoms in total. The molecule has 26 heavy (non-hydrogen) atoms. The Hall–Kier alpha value is -2.56. The fraction of sp³-hybridized carbons (Fsp3) is 0.429. The number of fused-ring (bicyclic) bond motifs is 1. The van der Waals surface area contributed by atoms with Gasteiger partial charge in [-0.1, -0.05) is 18.6 Å². The Labute approximate surface area is 151 Å². The molecule has 1 saturated carbocycles. The van der Waals surface area contributed by atoms with Crippen molar-refractivity contribution in [3.8, 4) is 5.75 Å². The number of aromatic hydroxyl groups is 1. The second-order valence-electron chi connectivity index (χ2n) is 7.42. The highest BCUT2D eigenvalue weighted by molar-refractivity contribution is 5.99. The van der Waals surface area contributed by atoms with Crippen molar-refractivity contribution in [1.29, 1.82) is 0 Å². The van der Waals surface area contributed by atoms with Gasteiger partial charge >= 0.3 is 5.63 Å². The molecule has 2 aromatic rings. The highest BCUT2D eigenvalue weighted by atomic mass is 16.4. The molecule has 1 atom stereocenters.